The topological polar surface area (TPSA) is 700 Å². The van der Waals surface area contributed by atoms with Crippen LogP contribution in [-0.4, -0.2) is 434 Å². The largest absolute Gasteiger partial charge is 0.394 e. The maximum atomic E-state index is 12.9. The van der Waals surface area contributed by atoms with Crippen molar-refractivity contribution in [2.45, 2.75) is 273 Å². The number of hydrogen-bond donors (Lipinski definition) is 26. The zero-order valence-electron chi connectivity index (χ0n) is 54.3. The van der Waals surface area contributed by atoms with E-state index in [2.05, 4.69) is 21.3 Å². The van der Waals surface area contributed by atoms with Gasteiger partial charge in [0.15, 0.2) is 50.3 Å². The minimum Gasteiger partial charge on any atom is -0.394 e. The third kappa shape index (κ3) is 18.3. The van der Waals surface area contributed by atoms with E-state index in [-0.39, 0.29) is 0 Å². The van der Waals surface area contributed by atoms with Crippen LogP contribution in [0.4, 0.5) is 0 Å². The monoisotopic (exact) mass is 1480 g/mol. The van der Waals surface area contributed by atoms with Crippen LogP contribution in [0.3, 0.4) is 0 Å². The van der Waals surface area contributed by atoms with Crippen LogP contribution in [0.15, 0.2) is 0 Å². The second-order valence-electron chi connectivity index (χ2n) is 25.3. The lowest BCUT2D eigenvalue weighted by atomic mass is 9.93. The van der Waals surface area contributed by atoms with Crippen LogP contribution in [0.1, 0.15) is 27.7 Å². The van der Waals surface area contributed by atoms with E-state index in [1.165, 1.54) is 0 Å². The van der Waals surface area contributed by atoms with Crippen molar-refractivity contribution >= 4 is 23.6 Å². The molecule has 26 N–H and O–H groups in total. The average Bonchev–Trinajstić information content (AvgIpc) is 0.772. The maximum absolute atomic E-state index is 12.9. The fourth-order valence-electron chi connectivity index (χ4n) is 13.1. The summed E-state index contributed by atoms with van der Waals surface area (Å²) in [7, 11) is 0. The Bertz CT molecular complexity index is 2640. The van der Waals surface area contributed by atoms with Crippen molar-refractivity contribution in [3.8, 4) is 0 Å². The number of carbonyl (C=O) groups is 4. The summed E-state index contributed by atoms with van der Waals surface area (Å²) in [5, 5.41) is 251. The van der Waals surface area contributed by atoms with E-state index in [0.29, 0.717) is 0 Å². The Labute approximate surface area is 572 Å². The first-order valence-corrected chi connectivity index (χ1v) is 32.1. The molecule has 45 heteroatoms. The van der Waals surface area contributed by atoms with Crippen molar-refractivity contribution in [3.63, 3.8) is 0 Å². The van der Waals surface area contributed by atoms with Gasteiger partial charge in [0, 0.05) is 27.7 Å². The Balaban J connectivity index is 0.982. The zero-order valence-corrected chi connectivity index (χ0v) is 54.3. The summed E-state index contributed by atoms with van der Waals surface area (Å²) in [5.74, 6) is -3.48. The molecule has 0 radical (unpaired) electrons. The van der Waals surface area contributed by atoms with Crippen LogP contribution in [0.2, 0.25) is 0 Å². The SMILES string of the molecule is CC(=O)N[C@@H]1[C@@H](O[C@@H]2O[C@H](CO)[C@H](O)[C@H](O[C@@H]3O[C@H](CO)[C@@H](O[C@@H]4O[C@H](CO)[C@H](O)[C@H](O[C@@H]5O[C@H](CO)[C@@H](O[C@@H]6O[C@H](CO)[C@H](O)[C@H](O[C@@H]7O[C@H](CO)[C@@H](O[C@@H]8O[C@H](CO)[C@H](O)[C@H](O)[C@H]8O)[C@H](O)[C@H]7NC(C)=O)[C@H]6O)[C@H](O)[C@H]5NC(C)=O)[C@H]4O)[C@H](O)[C@H]3NC(C)=O)[C@H]2O)[C@@H](O)[C@@H](CO)O[C@@H]1O. The van der Waals surface area contributed by atoms with E-state index < -0.39 is 322 Å². The number of aliphatic hydroxyl groups is 22. The number of ether oxygens (including phenoxy) is 15. The van der Waals surface area contributed by atoms with Crippen LogP contribution in [0, 0.1) is 0 Å². The fraction of sp³-hybridized carbons (Fsp3) is 0.929. The first-order valence-electron chi connectivity index (χ1n) is 32.1. The quantitative estimate of drug-likeness (QED) is 0.0382. The molecule has 4 amide bonds. The smallest absolute Gasteiger partial charge is 0.217 e. The molecule has 0 unspecified atom stereocenters. The van der Waals surface area contributed by atoms with E-state index in [4.69, 9.17) is 71.1 Å². The van der Waals surface area contributed by atoms with E-state index >= 15 is 0 Å². The van der Waals surface area contributed by atoms with Crippen molar-refractivity contribution in [1.82, 2.24) is 21.3 Å². The molecule has 8 aliphatic heterocycles. The molecule has 8 saturated heterocycles. The van der Waals surface area contributed by atoms with Crippen molar-refractivity contribution in [2.75, 3.05) is 52.9 Å². The standard InChI is InChI=1S/C56H94N4O41/c1-13(69)57-25-34(78)42(95-53-38(82)37(81)29(73)17(5-61)88-53)22(10-66)92-50(25)99-46-31(75)19(7-63)89-54(39(46)83)96-43-23(11-67)93-51(26(35(43)79)58-14(2)70)100-47-32(76)20(8-64)90-55(40(47)84)97-44-24(12-68)94-52(27(36(44)80)59-15(3)71)101-48-33(77)21(9-65)91-56(41(48)85)98-45-28(60-16(4)72)49(86)87-18(6-62)30(45)74/h17-56,61-68,73-86H,5-12H2,1-4H3,(H,57,69)(H,58,70)(H,59,71)(H,60,72)/t17-,18-,19-,20-,21-,22-,23-,24-,25-,26-,27-,28-,29+,30+,31+,32+,33+,34-,35-,36-,37+,38-,39-,40-,41-,42-,43-,44-,45-,46+,47+,48+,49+,50+,51+,52+,53+,54+,55+,56+/m1/s1. The van der Waals surface area contributed by atoms with Gasteiger partial charge in [-0.1, -0.05) is 0 Å². The molecule has 45 nitrogen and oxygen atoms in total. The summed E-state index contributed by atoms with van der Waals surface area (Å²) in [4.78, 5) is 50.4. The lowest BCUT2D eigenvalue weighted by molar-refractivity contribution is -0.388. The molecule has 0 aliphatic carbocycles. The molecule has 0 aromatic rings. The molecule has 0 spiro atoms. The van der Waals surface area contributed by atoms with Crippen LogP contribution < -0.4 is 21.3 Å². The first-order chi connectivity index (χ1) is 47.8. The van der Waals surface area contributed by atoms with Gasteiger partial charge in [-0.3, -0.25) is 19.2 Å². The second kappa shape index (κ2) is 36.3. The minimum atomic E-state index is -2.33. The summed E-state index contributed by atoms with van der Waals surface area (Å²) < 4.78 is 87.0. The lowest BCUT2D eigenvalue weighted by Gasteiger charge is -2.51. The molecule has 0 saturated carbocycles. The Morgan fingerprint density at radius 2 is 0.455 bits per heavy atom. The lowest BCUT2D eigenvalue weighted by Crippen LogP contribution is -2.71. The number of rotatable bonds is 26. The van der Waals surface area contributed by atoms with Gasteiger partial charge in [0.2, 0.25) is 23.6 Å². The van der Waals surface area contributed by atoms with Gasteiger partial charge < -0.3 is 205 Å². The van der Waals surface area contributed by atoms with Gasteiger partial charge in [0.25, 0.3) is 0 Å². The number of aliphatic hydroxyl groups excluding tert-OH is 22. The number of amides is 4. The zero-order chi connectivity index (χ0) is 74.5. The Hall–Kier alpha value is -3.60. The molecule has 0 bridgehead atoms. The second-order valence-corrected chi connectivity index (χ2v) is 25.3. The van der Waals surface area contributed by atoms with Gasteiger partial charge in [-0.25, -0.2) is 0 Å². The molecule has 0 aromatic carbocycles. The van der Waals surface area contributed by atoms with E-state index in [0.717, 1.165) is 27.7 Å². The van der Waals surface area contributed by atoms with Crippen LogP contribution in [0.5, 0.6) is 0 Å². The van der Waals surface area contributed by atoms with Gasteiger partial charge in [-0.2, -0.15) is 0 Å². The normalized spacial score (nSPS) is 48.3. The minimum absolute atomic E-state index is 0.766. The summed E-state index contributed by atoms with van der Waals surface area (Å²) >= 11 is 0. The molecule has 8 fully saturated rings. The number of carbonyl (C=O) groups excluding carboxylic acids is 4. The van der Waals surface area contributed by atoms with Crippen LogP contribution >= 0.6 is 0 Å². The van der Waals surface area contributed by atoms with Gasteiger partial charge in [-0.15, -0.1) is 0 Å². The Kier molecular flexibility index (Phi) is 29.9. The Morgan fingerprint density at radius 1 is 0.238 bits per heavy atom. The molecule has 8 aliphatic rings. The van der Waals surface area contributed by atoms with Gasteiger partial charge in [-0.05, 0) is 0 Å². The third-order valence-corrected chi connectivity index (χ3v) is 18.3. The highest BCUT2D eigenvalue weighted by molar-refractivity contribution is 5.74. The third-order valence-electron chi connectivity index (χ3n) is 18.3. The van der Waals surface area contributed by atoms with E-state index in [1.807, 2.05) is 0 Å². The fourth-order valence-corrected chi connectivity index (χ4v) is 13.1. The van der Waals surface area contributed by atoms with Crippen molar-refractivity contribution in [1.29, 1.82) is 0 Å². The molecular weight excluding hydrogens is 1380 g/mol. The summed E-state index contributed by atoms with van der Waals surface area (Å²) in [6, 6.07) is -7.19. The van der Waals surface area contributed by atoms with E-state index in [1.54, 1.807) is 0 Å². The molecule has 8 rings (SSSR count). The Morgan fingerprint density at radius 3 is 0.733 bits per heavy atom. The molecule has 0 aromatic heterocycles. The van der Waals surface area contributed by atoms with Crippen LogP contribution in [0.25, 0.3) is 0 Å². The van der Waals surface area contributed by atoms with Crippen molar-refractivity contribution in [3.05, 3.63) is 0 Å². The highest BCUT2D eigenvalue weighted by Gasteiger charge is 2.60. The molecule has 584 valence electrons. The average molecular weight is 1480 g/mol. The summed E-state index contributed by atoms with van der Waals surface area (Å²) in [6.07, 6.45) is -71.2. The summed E-state index contributed by atoms with van der Waals surface area (Å²) in [5.41, 5.74) is 0. The van der Waals surface area contributed by atoms with Gasteiger partial charge in [0.1, 0.15) is 195 Å². The number of hydrogen-bond acceptors (Lipinski definition) is 41. The van der Waals surface area contributed by atoms with Crippen LogP contribution in [-0.2, 0) is 90.2 Å². The maximum Gasteiger partial charge on any atom is 0.217 e. The van der Waals surface area contributed by atoms with E-state index in [9.17, 15) is 132 Å². The molecule has 8 heterocycles. The highest BCUT2D eigenvalue weighted by atomic mass is 16.8. The van der Waals surface area contributed by atoms with Crippen molar-refractivity contribution < 1.29 is 203 Å². The summed E-state index contributed by atoms with van der Waals surface area (Å²) in [6.45, 7) is -4.38. The number of nitrogens with one attached hydrogen (secondary N) is 4. The molecule has 101 heavy (non-hydrogen) atoms. The van der Waals surface area contributed by atoms with Gasteiger partial charge in [0.05, 0.1) is 52.9 Å². The molecule has 40 atom stereocenters. The van der Waals surface area contributed by atoms with Crippen molar-refractivity contribution in [2.24, 2.45) is 0 Å². The van der Waals surface area contributed by atoms with Gasteiger partial charge >= 0.3 is 0 Å². The first kappa shape index (κ1) is 83.0. The highest BCUT2D eigenvalue weighted by Crippen LogP contribution is 2.39. The predicted molar refractivity (Wildman–Crippen MR) is 311 cm³/mol. The predicted octanol–water partition coefficient (Wildman–Crippen LogP) is -17.9. The molecular formula is C56H94N4O41.